The van der Waals surface area contributed by atoms with Crippen molar-refractivity contribution in [2.45, 2.75) is 194 Å². The summed E-state index contributed by atoms with van der Waals surface area (Å²) in [7, 11) is 0. The number of rotatable bonds is 34. The van der Waals surface area contributed by atoms with Crippen molar-refractivity contribution in [3.8, 4) is 0 Å². The normalized spacial score (nSPS) is 11.2. The maximum absolute atomic E-state index is 14.2. The molecule has 0 bridgehead atoms. The summed E-state index contributed by atoms with van der Waals surface area (Å²) in [5.41, 5.74) is 16.8. The number of aliphatic hydroxyl groups excluding tert-OH is 1. The number of likely N-dealkylation sites (N-methyl/N-ethyl adjacent to an activating group) is 1. The zero-order chi connectivity index (χ0) is 102. The third kappa shape index (κ3) is 36.6. The lowest BCUT2D eigenvalue weighted by atomic mass is 10.0. The van der Waals surface area contributed by atoms with Gasteiger partial charge in [0, 0.05) is 159 Å². The predicted octanol–water partition coefficient (Wildman–Crippen LogP) is 16.0. The number of hydrogen-bond donors (Lipinski definition) is 10. The highest BCUT2D eigenvalue weighted by Gasteiger charge is 2.33. The zero-order valence-electron chi connectivity index (χ0n) is 81.4. The minimum atomic E-state index is -4.41. The van der Waals surface area contributed by atoms with E-state index >= 15 is 0 Å². The van der Waals surface area contributed by atoms with E-state index in [0.29, 0.717) is 83.1 Å². The highest BCUT2D eigenvalue weighted by Crippen LogP contribution is 2.26. The molecule has 6 amide bonds. The predicted molar refractivity (Wildman–Crippen MR) is 507 cm³/mol. The molecule has 6 heterocycles. The number of carbonyl (C=O) groups excluding carboxylic acids is 6. The van der Waals surface area contributed by atoms with Gasteiger partial charge in [-0.15, -0.1) is 0 Å². The number of nitrogens with two attached hydrogens (primary N) is 1. The molecule has 0 unspecified atom stereocenters. The second kappa shape index (κ2) is 52.2. The Kier molecular flexibility index (Phi) is 42.2. The molecule has 744 valence electrons. The summed E-state index contributed by atoms with van der Waals surface area (Å²) in [4.78, 5) is 86.0. The van der Waals surface area contributed by atoms with Gasteiger partial charge in [0.05, 0.1) is 24.2 Å². The van der Waals surface area contributed by atoms with E-state index < -0.39 is 42.1 Å². The number of halogens is 9. The van der Waals surface area contributed by atoms with E-state index in [1.54, 1.807) is 153 Å². The topological polar surface area (TPSA) is 384 Å². The SMILES string of the molecule is CCN(CC)CCN(Cc1ccc(C)cc1F)C(=O)c1cc(C)[nH]n1.Cc1ccc(CN(CC(C)(C)O)C(=O)c2cc(C)[nH]n2)c(F)c1.Cc1ccc(CN(CCC(C)(C)O)C(=O)c2cc(C)[nH]n2)c(F)c1.Cc1ccc(CN(CCC(F)(F)F)C(=O)c2cc(C)[nH]n2)c(F)c1.Cc1ccc(CN(CCN)C(=O)c2cc(C)[nH]n2)c(F)c1.Cc1ccc(CN(CCO)C(=O)c2cc(C)[nH]n2)c(F)c1. The first kappa shape index (κ1) is 112. The van der Waals surface area contributed by atoms with E-state index in [2.05, 4.69) is 79.9 Å². The Morgan fingerprint density at radius 3 is 0.725 bits per heavy atom. The van der Waals surface area contributed by atoms with Crippen LogP contribution in [-0.2, 0) is 39.3 Å². The number of benzene rings is 6. The summed E-state index contributed by atoms with van der Waals surface area (Å²) in [5, 5.41) is 69.0. The van der Waals surface area contributed by atoms with Gasteiger partial charge in [-0.1, -0.05) is 86.6 Å². The first-order valence-electron chi connectivity index (χ1n) is 44.9. The lowest BCUT2D eigenvalue weighted by molar-refractivity contribution is -0.136. The zero-order valence-corrected chi connectivity index (χ0v) is 81.4. The average Bonchev–Trinajstić information content (AvgIpc) is 1.57. The Morgan fingerprint density at radius 2 is 0.529 bits per heavy atom. The van der Waals surface area contributed by atoms with E-state index in [1.807, 2.05) is 59.7 Å². The van der Waals surface area contributed by atoms with Gasteiger partial charge in [0.2, 0.25) is 0 Å². The number of nitrogens with one attached hydrogen (secondary N) is 6. The highest BCUT2D eigenvalue weighted by atomic mass is 19.4. The summed E-state index contributed by atoms with van der Waals surface area (Å²) in [5.74, 6) is -4.31. The van der Waals surface area contributed by atoms with Crippen LogP contribution in [-0.4, -0.2) is 236 Å². The molecule has 11 N–H and O–H groups in total. The number of aliphatic hydroxyl groups is 3. The van der Waals surface area contributed by atoms with Gasteiger partial charge in [-0.3, -0.25) is 59.4 Å². The van der Waals surface area contributed by atoms with Crippen molar-refractivity contribution in [3.05, 3.63) is 316 Å². The molecule has 12 rings (SSSR count). The van der Waals surface area contributed by atoms with Crippen molar-refractivity contribution in [1.29, 1.82) is 0 Å². The number of nitrogens with zero attached hydrogens (tertiary/aromatic N) is 13. The summed E-state index contributed by atoms with van der Waals surface area (Å²) in [6, 6.07) is 38.9. The lowest BCUT2D eigenvalue weighted by Crippen LogP contribution is -2.42. The summed E-state index contributed by atoms with van der Waals surface area (Å²) in [6.45, 7) is 36.2. The molecule has 0 fully saturated rings. The van der Waals surface area contributed by atoms with Gasteiger partial charge in [-0.2, -0.15) is 43.8 Å². The first-order valence-corrected chi connectivity index (χ1v) is 44.9. The van der Waals surface area contributed by atoms with Crippen molar-refractivity contribution in [2.75, 3.05) is 72.1 Å². The first-order chi connectivity index (χ1) is 64.9. The Labute approximate surface area is 798 Å². The third-order valence-electron chi connectivity index (χ3n) is 21.3. The van der Waals surface area contributed by atoms with Crippen molar-refractivity contribution in [1.82, 2.24) is 95.5 Å². The van der Waals surface area contributed by atoms with Gasteiger partial charge in [0.1, 0.15) is 69.1 Å². The monoisotopic (exact) mass is 1920 g/mol. The molecular formula is C100H127F9N20O9. The maximum atomic E-state index is 14.2. The molecule has 138 heavy (non-hydrogen) atoms. The van der Waals surface area contributed by atoms with E-state index in [0.717, 1.165) is 80.8 Å². The Balaban J connectivity index is 0.000000226. The lowest BCUT2D eigenvalue weighted by Gasteiger charge is -2.29. The van der Waals surface area contributed by atoms with Crippen LogP contribution in [0.1, 0.15) is 218 Å². The standard InChI is InChI=1S/C19H27FN4O.C18H24FN3O2.C17H22FN3O2.C16H17F4N3O.C15H19FN4O.C15H18FN3O2/c1-5-23(6-2)9-10-24(19(25)18-12-15(4)21-22-18)13-16-8-7-14(3)11-17(16)20;1-12-5-6-14(15(19)9-12)11-22(8-7-18(3,4)24)17(23)16-10-13(2)20-21-16;1-11-5-6-13(14(18)7-11)9-21(10-17(3,4)23)16(22)15-8-12(2)19-20-15;1-10-3-4-12(13(17)7-10)9-23(6-5-16(18,19)20)15(24)14-8-11(2)21-22-14;1-10-3-4-12(13(16)7-10)9-20(6-5-17)15(21)14-8-11(2)18-19-14;1-10-3-4-12(13(16)7-10)9-19(5-6-20)15(21)14-8-11(2)17-18-14/h7-8,11-12H,5-6,9-10,13H2,1-4H3,(H,21,22);5-6,9-10,24H,7-8,11H2,1-4H3,(H,20,21);5-8,23H,9-10H2,1-4H3,(H,19,20);3-4,7-8H,5-6,9H2,1-2H3,(H,21,22);3-4,7-8H,5-6,9,17H2,1-2H3,(H,18,19);3-4,7-8,20H,5-6,9H2,1-2H3,(H,17,18). The number of amides is 6. The summed E-state index contributed by atoms with van der Waals surface area (Å²) in [6.07, 6.45) is -5.20. The number of alkyl halides is 3. The molecule has 29 nitrogen and oxygen atoms in total. The molecule has 0 aliphatic heterocycles. The molecule has 6 aromatic carbocycles. The fourth-order valence-electron chi connectivity index (χ4n) is 13.7. The molecule has 12 aromatic rings. The van der Waals surface area contributed by atoms with Crippen LogP contribution in [0.15, 0.2) is 146 Å². The molecule has 0 saturated carbocycles. The molecule has 38 heteroatoms. The number of hydrogen-bond acceptors (Lipinski definition) is 17. The number of H-pyrrole nitrogens is 6. The van der Waals surface area contributed by atoms with Gasteiger partial charge >= 0.3 is 6.18 Å². The molecule has 0 radical (unpaired) electrons. The number of aromatic amines is 6. The van der Waals surface area contributed by atoms with Gasteiger partial charge in [-0.25, -0.2) is 26.3 Å². The Bertz CT molecular complexity index is 5750. The van der Waals surface area contributed by atoms with Gasteiger partial charge < -0.3 is 55.4 Å². The van der Waals surface area contributed by atoms with Crippen LogP contribution in [0.4, 0.5) is 39.5 Å². The molecule has 0 spiro atoms. The summed E-state index contributed by atoms with van der Waals surface area (Å²) < 4.78 is 122. The number of aryl methyl sites for hydroxylation is 12. The van der Waals surface area contributed by atoms with Crippen molar-refractivity contribution >= 4 is 35.4 Å². The van der Waals surface area contributed by atoms with Crippen LogP contribution in [0.3, 0.4) is 0 Å². The van der Waals surface area contributed by atoms with E-state index in [1.165, 1.54) is 68.1 Å². The van der Waals surface area contributed by atoms with Crippen LogP contribution in [0.5, 0.6) is 0 Å². The molecule has 0 atom stereocenters. The number of carbonyl (C=O) groups is 6. The second-order valence-electron chi connectivity index (χ2n) is 35.3. The summed E-state index contributed by atoms with van der Waals surface area (Å²) >= 11 is 0. The third-order valence-corrected chi connectivity index (χ3v) is 21.3. The van der Waals surface area contributed by atoms with Crippen LogP contribution < -0.4 is 5.73 Å². The average molecular weight is 1920 g/mol. The fourth-order valence-corrected chi connectivity index (χ4v) is 13.7. The fraction of sp³-hybridized carbons (Fsp3) is 0.400. The van der Waals surface area contributed by atoms with E-state index in [4.69, 9.17) is 10.8 Å². The molecule has 6 aromatic heterocycles. The highest BCUT2D eigenvalue weighted by molar-refractivity contribution is 5.95. The van der Waals surface area contributed by atoms with Gasteiger partial charge in [-0.05, 0) is 236 Å². The van der Waals surface area contributed by atoms with Crippen molar-refractivity contribution in [3.63, 3.8) is 0 Å². The Morgan fingerprint density at radius 1 is 0.312 bits per heavy atom. The number of aromatic nitrogens is 12. The maximum Gasteiger partial charge on any atom is 0.390 e. The van der Waals surface area contributed by atoms with Crippen LogP contribution in [0.25, 0.3) is 0 Å². The second-order valence-corrected chi connectivity index (χ2v) is 35.3. The largest absolute Gasteiger partial charge is 0.395 e. The van der Waals surface area contributed by atoms with E-state index in [9.17, 15) is 78.5 Å². The molecule has 0 aliphatic carbocycles. The van der Waals surface area contributed by atoms with Crippen molar-refractivity contribution < 1.29 is 83.6 Å². The van der Waals surface area contributed by atoms with Crippen molar-refractivity contribution in [2.24, 2.45) is 5.73 Å². The quantitative estimate of drug-likeness (QED) is 0.0167. The minimum absolute atomic E-state index is 0.00203. The molecule has 0 saturated heterocycles. The minimum Gasteiger partial charge on any atom is -0.395 e. The molecular weight excluding hydrogens is 1800 g/mol. The molecule has 0 aliphatic rings. The van der Waals surface area contributed by atoms with Gasteiger partial charge in [0.15, 0.2) is 0 Å². The smallest absolute Gasteiger partial charge is 0.390 e. The Hall–Kier alpha value is -13.4. The van der Waals surface area contributed by atoms with E-state index in [-0.39, 0.29) is 146 Å². The van der Waals surface area contributed by atoms with Crippen LogP contribution in [0, 0.1) is 118 Å². The van der Waals surface area contributed by atoms with Gasteiger partial charge in [0.25, 0.3) is 35.4 Å². The van der Waals surface area contributed by atoms with Crippen LogP contribution >= 0.6 is 0 Å². The van der Waals surface area contributed by atoms with Crippen LogP contribution in [0.2, 0.25) is 0 Å².